The van der Waals surface area contributed by atoms with Crippen LogP contribution < -0.4 is 10.1 Å². The topological polar surface area (TPSA) is 21.3 Å². The Balaban J connectivity index is 1.42. The molecule has 3 atom stereocenters. The van der Waals surface area contributed by atoms with Crippen molar-refractivity contribution >= 4 is 11.6 Å². The van der Waals surface area contributed by atoms with Crippen LogP contribution in [0, 0.1) is 12.8 Å². The Bertz CT molecular complexity index is 462. The van der Waals surface area contributed by atoms with Crippen molar-refractivity contribution in [1.29, 1.82) is 0 Å². The second-order valence-electron chi connectivity index (χ2n) is 6.34. The fourth-order valence-electron chi connectivity index (χ4n) is 3.42. The van der Waals surface area contributed by atoms with Gasteiger partial charge in [0.05, 0.1) is 0 Å². The second-order valence-corrected chi connectivity index (χ2v) is 6.96. The van der Waals surface area contributed by atoms with Crippen molar-refractivity contribution in [3.05, 3.63) is 29.3 Å². The lowest BCUT2D eigenvalue weighted by Crippen LogP contribution is -2.34. The first kappa shape index (κ1) is 14.2. The third kappa shape index (κ3) is 3.48. The molecule has 20 heavy (non-hydrogen) atoms. The highest BCUT2D eigenvalue weighted by Gasteiger charge is 2.24. The highest BCUT2D eigenvalue weighted by molar-refractivity contribution is 6.20. The van der Waals surface area contributed by atoms with E-state index in [1.807, 2.05) is 0 Å². The van der Waals surface area contributed by atoms with Crippen molar-refractivity contribution in [3.63, 3.8) is 0 Å². The van der Waals surface area contributed by atoms with Crippen LogP contribution in [-0.4, -0.2) is 24.6 Å². The normalized spacial score (nSPS) is 29.0. The van der Waals surface area contributed by atoms with Gasteiger partial charge in [-0.2, -0.15) is 0 Å². The van der Waals surface area contributed by atoms with E-state index in [-0.39, 0.29) is 0 Å². The van der Waals surface area contributed by atoms with Gasteiger partial charge in [0.1, 0.15) is 11.9 Å². The molecule has 1 N–H and O–H groups in total. The van der Waals surface area contributed by atoms with Gasteiger partial charge in [-0.1, -0.05) is 24.1 Å². The summed E-state index contributed by atoms with van der Waals surface area (Å²) in [7, 11) is 0. The molecule has 1 aliphatic heterocycles. The molecular formula is C17H24ClNO. The average molecular weight is 294 g/mol. The van der Waals surface area contributed by atoms with Gasteiger partial charge in [0.2, 0.25) is 0 Å². The summed E-state index contributed by atoms with van der Waals surface area (Å²) in [6.45, 7) is 4.16. The third-order valence-electron chi connectivity index (χ3n) is 4.48. The average Bonchev–Trinajstić information content (AvgIpc) is 2.80. The Labute approximate surface area is 126 Å². The van der Waals surface area contributed by atoms with Crippen molar-refractivity contribution in [3.8, 4) is 5.75 Å². The number of rotatable bonds is 4. The molecule has 2 aliphatic rings. The fraction of sp³-hybridized carbons (Fsp3) is 0.647. The predicted octanol–water partition coefficient (Wildman–Crippen LogP) is 3.69. The highest BCUT2D eigenvalue weighted by Crippen LogP contribution is 2.30. The first-order chi connectivity index (χ1) is 9.70. The molecule has 110 valence electrons. The molecule has 2 nitrogen and oxygen atoms in total. The van der Waals surface area contributed by atoms with E-state index in [0.29, 0.717) is 11.5 Å². The molecule has 3 heteroatoms. The van der Waals surface area contributed by atoms with E-state index in [1.165, 1.54) is 36.8 Å². The zero-order valence-corrected chi connectivity index (χ0v) is 13.0. The number of halogens is 1. The van der Waals surface area contributed by atoms with E-state index in [4.69, 9.17) is 16.3 Å². The summed E-state index contributed by atoms with van der Waals surface area (Å²) in [6, 6.07) is 6.47. The smallest absolute Gasteiger partial charge is 0.123 e. The van der Waals surface area contributed by atoms with Gasteiger partial charge in [0, 0.05) is 18.3 Å². The van der Waals surface area contributed by atoms with Gasteiger partial charge in [0.25, 0.3) is 0 Å². The van der Waals surface area contributed by atoms with Crippen molar-refractivity contribution in [2.24, 2.45) is 5.92 Å². The molecule has 0 saturated heterocycles. The molecule has 1 fully saturated rings. The van der Waals surface area contributed by atoms with E-state index in [1.54, 1.807) is 0 Å². The Morgan fingerprint density at radius 2 is 2.20 bits per heavy atom. The number of ether oxygens (including phenoxy) is 1. The zero-order valence-electron chi connectivity index (χ0n) is 12.2. The fourth-order valence-corrected chi connectivity index (χ4v) is 3.83. The first-order valence-electron chi connectivity index (χ1n) is 7.81. The maximum atomic E-state index is 6.24. The zero-order chi connectivity index (χ0) is 13.9. The SMILES string of the molecule is Cc1ccc2c(c1)CC(CNCC1CCCC(Cl)C1)O2. The number of alkyl halides is 1. The Kier molecular flexibility index (Phi) is 4.52. The maximum Gasteiger partial charge on any atom is 0.123 e. The molecule has 3 rings (SSSR count). The van der Waals surface area contributed by atoms with Gasteiger partial charge in [0.15, 0.2) is 0 Å². The molecule has 0 amide bonds. The van der Waals surface area contributed by atoms with Crippen LogP contribution in [0.25, 0.3) is 0 Å². The third-order valence-corrected chi connectivity index (χ3v) is 4.88. The summed E-state index contributed by atoms with van der Waals surface area (Å²) in [5.74, 6) is 1.82. The van der Waals surface area contributed by atoms with Gasteiger partial charge in [-0.15, -0.1) is 11.6 Å². The van der Waals surface area contributed by atoms with E-state index >= 15 is 0 Å². The largest absolute Gasteiger partial charge is 0.488 e. The Morgan fingerprint density at radius 1 is 1.30 bits per heavy atom. The Morgan fingerprint density at radius 3 is 3.05 bits per heavy atom. The molecule has 0 spiro atoms. The van der Waals surface area contributed by atoms with Gasteiger partial charge in [-0.25, -0.2) is 0 Å². The number of benzene rings is 1. The van der Waals surface area contributed by atoms with Crippen LogP contribution in [-0.2, 0) is 6.42 Å². The van der Waals surface area contributed by atoms with Crippen LogP contribution in [0.1, 0.15) is 36.8 Å². The van der Waals surface area contributed by atoms with Crippen LogP contribution in [0.15, 0.2) is 18.2 Å². The highest BCUT2D eigenvalue weighted by atomic mass is 35.5. The number of nitrogens with one attached hydrogen (secondary N) is 1. The van der Waals surface area contributed by atoms with Gasteiger partial charge < -0.3 is 10.1 Å². The van der Waals surface area contributed by atoms with E-state index in [0.717, 1.165) is 31.2 Å². The molecule has 1 aromatic rings. The minimum absolute atomic E-state index is 0.294. The lowest BCUT2D eigenvalue weighted by atomic mass is 9.89. The van der Waals surface area contributed by atoms with E-state index in [2.05, 4.69) is 30.4 Å². The van der Waals surface area contributed by atoms with Crippen molar-refractivity contribution in [2.45, 2.75) is 50.5 Å². The number of fused-ring (bicyclic) bond motifs is 1. The summed E-state index contributed by atoms with van der Waals surface area (Å²) in [5, 5.41) is 3.98. The van der Waals surface area contributed by atoms with Gasteiger partial charge >= 0.3 is 0 Å². The standard InChI is InChI=1S/C17H24ClNO/c1-12-5-6-17-14(7-12)9-16(20-17)11-19-10-13-3-2-4-15(18)8-13/h5-7,13,15-16,19H,2-4,8-11H2,1H3. The van der Waals surface area contributed by atoms with Crippen LogP contribution in [0.4, 0.5) is 0 Å². The number of aryl methyl sites for hydroxylation is 1. The molecule has 1 heterocycles. The van der Waals surface area contributed by atoms with Crippen molar-refractivity contribution < 1.29 is 4.74 Å². The lowest BCUT2D eigenvalue weighted by Gasteiger charge is -2.26. The minimum Gasteiger partial charge on any atom is -0.488 e. The summed E-state index contributed by atoms with van der Waals surface area (Å²) in [5.41, 5.74) is 2.67. The quantitative estimate of drug-likeness (QED) is 0.855. The van der Waals surface area contributed by atoms with Crippen LogP contribution in [0.3, 0.4) is 0 Å². The summed E-state index contributed by atoms with van der Waals surface area (Å²) >= 11 is 6.24. The molecule has 0 aromatic heterocycles. The molecule has 3 unspecified atom stereocenters. The van der Waals surface area contributed by atoms with Gasteiger partial charge in [-0.3, -0.25) is 0 Å². The predicted molar refractivity (Wildman–Crippen MR) is 83.8 cm³/mol. The number of hydrogen-bond acceptors (Lipinski definition) is 2. The summed E-state index contributed by atoms with van der Waals surface area (Å²) in [4.78, 5) is 0. The van der Waals surface area contributed by atoms with Crippen LogP contribution in [0.5, 0.6) is 5.75 Å². The van der Waals surface area contributed by atoms with Crippen molar-refractivity contribution in [1.82, 2.24) is 5.32 Å². The maximum absolute atomic E-state index is 6.24. The first-order valence-corrected chi connectivity index (χ1v) is 8.25. The molecular weight excluding hydrogens is 270 g/mol. The molecule has 0 bridgehead atoms. The molecule has 0 radical (unpaired) electrons. The molecule has 1 aromatic carbocycles. The van der Waals surface area contributed by atoms with Crippen LogP contribution >= 0.6 is 11.6 Å². The van der Waals surface area contributed by atoms with Crippen LogP contribution in [0.2, 0.25) is 0 Å². The lowest BCUT2D eigenvalue weighted by molar-refractivity contribution is 0.221. The second kappa shape index (κ2) is 6.36. The van der Waals surface area contributed by atoms with Crippen molar-refractivity contribution in [2.75, 3.05) is 13.1 Å². The van der Waals surface area contributed by atoms with E-state index in [9.17, 15) is 0 Å². The summed E-state index contributed by atoms with van der Waals surface area (Å²) in [6.07, 6.45) is 6.29. The molecule has 1 aliphatic carbocycles. The Hall–Kier alpha value is -0.730. The summed E-state index contributed by atoms with van der Waals surface area (Å²) < 4.78 is 5.98. The minimum atomic E-state index is 0.294. The monoisotopic (exact) mass is 293 g/mol. The number of hydrogen-bond donors (Lipinski definition) is 1. The van der Waals surface area contributed by atoms with Gasteiger partial charge in [-0.05, 0) is 50.3 Å². The van der Waals surface area contributed by atoms with E-state index < -0.39 is 0 Å². The molecule has 1 saturated carbocycles.